The molecular formula is C74H130O6. The molecule has 0 radical (unpaired) electrons. The standard InChI is InChI=1S/C74H130O6/c1-4-7-10-13-16-19-22-25-27-29-30-31-32-33-34-35-36-37-38-39-40-41-42-43-44-46-47-49-52-55-58-61-64-67-73(76)79-70-71(69-78-72(75)66-63-60-57-54-51-24-21-18-15-12-9-6-3)80-74(77)68-65-62-59-56-53-50-48-45-28-26-23-20-17-14-11-8-5-2/h8,11,17-18,20-22,25-26,28-30,32-33,71H,4-7,9-10,12-16,19,23-24,27,31,34-70H2,1-3H3/b11-8-,20-17-,21-18-,25-22-,28-26-,30-29-,33-32-. The molecule has 80 heavy (non-hydrogen) atoms. The molecule has 0 spiro atoms. The maximum atomic E-state index is 12.9. The van der Waals surface area contributed by atoms with E-state index < -0.39 is 6.10 Å². The van der Waals surface area contributed by atoms with Crippen LogP contribution in [0.1, 0.15) is 348 Å². The monoisotopic (exact) mass is 1110 g/mol. The van der Waals surface area contributed by atoms with Gasteiger partial charge in [-0.15, -0.1) is 0 Å². The Morgan fingerprint density at radius 3 is 0.800 bits per heavy atom. The molecule has 0 heterocycles. The fourth-order valence-corrected chi connectivity index (χ4v) is 9.93. The molecule has 0 aliphatic rings. The summed E-state index contributed by atoms with van der Waals surface area (Å²) in [6, 6.07) is 0. The zero-order valence-corrected chi connectivity index (χ0v) is 53.1. The SMILES string of the molecule is CC/C=C\C/C=C\C/C=C\CCCCCCCCCC(=O)OC(COC(=O)CCCCCCC/C=C\CCCCC)COC(=O)CCCCCCCCCCCCCCCCCCCC/C=C\C/C=C\C/C=C\CCCCCCC. The molecule has 0 N–H and O–H groups in total. The summed E-state index contributed by atoms with van der Waals surface area (Å²) in [5, 5.41) is 0. The highest BCUT2D eigenvalue weighted by Gasteiger charge is 2.19. The maximum absolute atomic E-state index is 12.9. The molecule has 0 bridgehead atoms. The number of carbonyl (C=O) groups is 3. The van der Waals surface area contributed by atoms with Crippen molar-refractivity contribution in [3.63, 3.8) is 0 Å². The van der Waals surface area contributed by atoms with Crippen molar-refractivity contribution in [1.29, 1.82) is 0 Å². The zero-order valence-electron chi connectivity index (χ0n) is 53.1. The smallest absolute Gasteiger partial charge is 0.306 e. The number of rotatable bonds is 63. The molecule has 462 valence electrons. The van der Waals surface area contributed by atoms with Crippen LogP contribution in [0.5, 0.6) is 0 Å². The molecule has 0 fully saturated rings. The van der Waals surface area contributed by atoms with Crippen LogP contribution in [0.3, 0.4) is 0 Å². The normalized spacial score (nSPS) is 12.6. The van der Waals surface area contributed by atoms with Crippen LogP contribution >= 0.6 is 0 Å². The Kier molecular flexibility index (Phi) is 65.2. The van der Waals surface area contributed by atoms with Crippen molar-refractivity contribution >= 4 is 17.9 Å². The van der Waals surface area contributed by atoms with E-state index in [0.29, 0.717) is 19.3 Å². The highest BCUT2D eigenvalue weighted by atomic mass is 16.6. The van der Waals surface area contributed by atoms with E-state index in [-0.39, 0.29) is 31.1 Å². The predicted molar refractivity (Wildman–Crippen MR) is 348 cm³/mol. The summed E-state index contributed by atoms with van der Waals surface area (Å²) in [6.45, 7) is 6.51. The van der Waals surface area contributed by atoms with Crippen molar-refractivity contribution in [3.05, 3.63) is 85.1 Å². The second-order valence-electron chi connectivity index (χ2n) is 23.1. The van der Waals surface area contributed by atoms with Crippen LogP contribution in [0.25, 0.3) is 0 Å². The average molecular weight is 1120 g/mol. The van der Waals surface area contributed by atoms with E-state index in [1.165, 1.54) is 205 Å². The number of hydrogen-bond acceptors (Lipinski definition) is 6. The molecule has 6 heteroatoms. The third-order valence-electron chi connectivity index (χ3n) is 15.1. The van der Waals surface area contributed by atoms with E-state index in [9.17, 15) is 14.4 Å². The Labute approximate surface area is 496 Å². The first-order valence-electron chi connectivity index (χ1n) is 34.6. The number of esters is 3. The van der Waals surface area contributed by atoms with E-state index in [1.54, 1.807) is 0 Å². The second-order valence-corrected chi connectivity index (χ2v) is 23.1. The predicted octanol–water partition coefficient (Wildman–Crippen LogP) is 23.8. The minimum absolute atomic E-state index is 0.0804. The zero-order chi connectivity index (χ0) is 57.8. The average Bonchev–Trinajstić information content (AvgIpc) is 3.46. The lowest BCUT2D eigenvalue weighted by molar-refractivity contribution is -0.167. The topological polar surface area (TPSA) is 78.9 Å². The lowest BCUT2D eigenvalue weighted by atomic mass is 10.0. The third-order valence-corrected chi connectivity index (χ3v) is 15.1. The van der Waals surface area contributed by atoms with Crippen molar-refractivity contribution in [2.75, 3.05) is 13.2 Å². The van der Waals surface area contributed by atoms with Gasteiger partial charge in [-0.25, -0.2) is 0 Å². The van der Waals surface area contributed by atoms with Crippen molar-refractivity contribution in [2.24, 2.45) is 0 Å². The molecule has 0 rings (SSSR count). The van der Waals surface area contributed by atoms with Crippen molar-refractivity contribution in [1.82, 2.24) is 0 Å². The van der Waals surface area contributed by atoms with Gasteiger partial charge < -0.3 is 14.2 Å². The Morgan fingerprint density at radius 1 is 0.263 bits per heavy atom. The Balaban J connectivity index is 4.14. The van der Waals surface area contributed by atoms with Crippen molar-refractivity contribution in [3.8, 4) is 0 Å². The van der Waals surface area contributed by atoms with E-state index in [4.69, 9.17) is 14.2 Å². The van der Waals surface area contributed by atoms with Gasteiger partial charge in [0, 0.05) is 19.3 Å². The van der Waals surface area contributed by atoms with E-state index >= 15 is 0 Å². The summed E-state index contributed by atoms with van der Waals surface area (Å²) in [5.41, 5.74) is 0. The van der Waals surface area contributed by atoms with E-state index in [2.05, 4.69) is 106 Å². The van der Waals surface area contributed by atoms with Gasteiger partial charge >= 0.3 is 17.9 Å². The van der Waals surface area contributed by atoms with E-state index in [0.717, 1.165) is 103 Å². The molecule has 0 amide bonds. The van der Waals surface area contributed by atoms with Gasteiger partial charge in [0.1, 0.15) is 13.2 Å². The molecule has 0 aliphatic carbocycles. The molecule has 1 unspecified atom stereocenters. The lowest BCUT2D eigenvalue weighted by Gasteiger charge is -2.18. The summed E-state index contributed by atoms with van der Waals surface area (Å²) in [6.07, 6.45) is 90.5. The van der Waals surface area contributed by atoms with Gasteiger partial charge in [0.15, 0.2) is 6.10 Å². The van der Waals surface area contributed by atoms with Crippen molar-refractivity contribution in [2.45, 2.75) is 354 Å². The molecular weight excluding hydrogens is 985 g/mol. The number of hydrogen-bond donors (Lipinski definition) is 0. The van der Waals surface area contributed by atoms with Gasteiger partial charge in [-0.3, -0.25) is 14.4 Å². The quantitative estimate of drug-likeness (QED) is 0.0261. The van der Waals surface area contributed by atoms with Gasteiger partial charge in [0.2, 0.25) is 0 Å². The highest BCUT2D eigenvalue weighted by Crippen LogP contribution is 2.17. The molecule has 0 saturated carbocycles. The first kappa shape index (κ1) is 76.6. The largest absolute Gasteiger partial charge is 0.462 e. The number of allylic oxidation sites excluding steroid dienone is 14. The highest BCUT2D eigenvalue weighted by molar-refractivity contribution is 5.71. The summed E-state index contributed by atoms with van der Waals surface area (Å²) >= 11 is 0. The van der Waals surface area contributed by atoms with Crippen LogP contribution in [0.15, 0.2) is 85.1 Å². The van der Waals surface area contributed by atoms with Crippen LogP contribution in [0.2, 0.25) is 0 Å². The van der Waals surface area contributed by atoms with Gasteiger partial charge in [0.25, 0.3) is 0 Å². The number of ether oxygens (including phenoxy) is 3. The molecule has 0 aromatic rings. The Hall–Kier alpha value is -3.41. The Morgan fingerprint density at radius 2 is 0.487 bits per heavy atom. The fourth-order valence-electron chi connectivity index (χ4n) is 9.93. The van der Waals surface area contributed by atoms with Crippen LogP contribution in [0, 0.1) is 0 Å². The minimum Gasteiger partial charge on any atom is -0.462 e. The molecule has 0 aliphatic heterocycles. The first-order chi connectivity index (χ1) is 39.5. The number of carbonyl (C=O) groups excluding carboxylic acids is 3. The molecule has 0 saturated heterocycles. The fraction of sp³-hybridized carbons (Fsp3) is 0.770. The second kappa shape index (κ2) is 68.1. The Bertz CT molecular complexity index is 1520. The molecule has 6 nitrogen and oxygen atoms in total. The van der Waals surface area contributed by atoms with Crippen LogP contribution in [-0.2, 0) is 28.6 Å². The molecule has 0 aromatic carbocycles. The summed E-state index contributed by atoms with van der Waals surface area (Å²) < 4.78 is 16.9. The van der Waals surface area contributed by atoms with Gasteiger partial charge in [-0.2, -0.15) is 0 Å². The van der Waals surface area contributed by atoms with Crippen LogP contribution < -0.4 is 0 Å². The van der Waals surface area contributed by atoms with Crippen molar-refractivity contribution < 1.29 is 28.6 Å². The van der Waals surface area contributed by atoms with Gasteiger partial charge in [0.05, 0.1) is 0 Å². The third kappa shape index (κ3) is 65.4. The first-order valence-corrected chi connectivity index (χ1v) is 34.6. The number of unbranched alkanes of at least 4 members (excludes halogenated alkanes) is 38. The van der Waals surface area contributed by atoms with Gasteiger partial charge in [-0.1, -0.05) is 298 Å². The van der Waals surface area contributed by atoms with Gasteiger partial charge in [-0.05, 0) is 116 Å². The van der Waals surface area contributed by atoms with E-state index in [1.807, 2.05) is 0 Å². The summed E-state index contributed by atoms with van der Waals surface area (Å²) in [7, 11) is 0. The van der Waals surface area contributed by atoms with Crippen LogP contribution in [0.4, 0.5) is 0 Å². The lowest BCUT2D eigenvalue weighted by Crippen LogP contribution is -2.30. The summed E-state index contributed by atoms with van der Waals surface area (Å²) in [4.78, 5) is 38.3. The summed E-state index contributed by atoms with van der Waals surface area (Å²) in [5.74, 6) is -0.885. The molecule has 1 atom stereocenters. The maximum Gasteiger partial charge on any atom is 0.306 e. The minimum atomic E-state index is -0.785. The molecule has 0 aromatic heterocycles. The van der Waals surface area contributed by atoms with Crippen LogP contribution in [-0.4, -0.2) is 37.2 Å².